The summed E-state index contributed by atoms with van der Waals surface area (Å²) in [5.74, 6) is -0.669. The van der Waals surface area contributed by atoms with Gasteiger partial charge in [0, 0.05) is 25.9 Å². The van der Waals surface area contributed by atoms with Gasteiger partial charge >= 0.3 is 0 Å². The molecule has 284 valence electrons. The van der Waals surface area contributed by atoms with E-state index >= 15 is 0 Å². The topological polar surface area (TPSA) is 62.2 Å². The van der Waals surface area contributed by atoms with Gasteiger partial charge in [-0.15, -0.1) is 0 Å². The molecule has 0 amide bonds. The molecule has 0 bridgehead atoms. The SMILES string of the molecule is CCCCCC=CCC=CCCCCCCCCC1(CCCCCCCCC=CCC=CCCCCC)O[C@@H]2[C@H](O1)[C@@H](O)CN(C)C[C@H]2O. The van der Waals surface area contributed by atoms with Crippen LogP contribution >= 0.6 is 0 Å². The number of unbranched alkanes of at least 4 members (excludes halogenated alkanes) is 18. The zero-order valence-electron chi connectivity index (χ0n) is 32.4. The maximum Gasteiger partial charge on any atom is 0.169 e. The van der Waals surface area contributed by atoms with Crippen LogP contribution in [-0.2, 0) is 9.47 Å². The van der Waals surface area contributed by atoms with Crippen molar-refractivity contribution >= 4 is 0 Å². The number of β-amino-alcohol motifs (C(OH)–C–C–N with tert-alkyl or cyclic N) is 2. The number of likely N-dealkylation sites (tertiary alicyclic amines) is 1. The summed E-state index contributed by atoms with van der Waals surface area (Å²) in [5.41, 5.74) is 0. The van der Waals surface area contributed by atoms with Gasteiger partial charge in [-0.05, 0) is 84.1 Å². The molecule has 2 fully saturated rings. The molecule has 2 saturated heterocycles. The first-order valence-corrected chi connectivity index (χ1v) is 21.0. The van der Waals surface area contributed by atoms with E-state index in [9.17, 15) is 10.2 Å². The third kappa shape index (κ3) is 21.0. The fourth-order valence-electron chi connectivity index (χ4n) is 7.30. The Hall–Kier alpha value is -1.24. The molecule has 5 heteroatoms. The van der Waals surface area contributed by atoms with Crippen LogP contribution in [0.3, 0.4) is 0 Å². The first kappa shape index (κ1) is 43.9. The van der Waals surface area contributed by atoms with Crippen molar-refractivity contribution in [3.8, 4) is 0 Å². The molecule has 0 aromatic carbocycles. The summed E-state index contributed by atoms with van der Waals surface area (Å²) in [4.78, 5) is 1.98. The van der Waals surface area contributed by atoms with Gasteiger partial charge in [-0.2, -0.15) is 0 Å². The van der Waals surface area contributed by atoms with Gasteiger partial charge in [-0.3, -0.25) is 0 Å². The van der Waals surface area contributed by atoms with E-state index in [-0.39, 0.29) is 0 Å². The van der Waals surface area contributed by atoms with Crippen LogP contribution in [0.2, 0.25) is 0 Å². The smallest absolute Gasteiger partial charge is 0.169 e. The lowest BCUT2D eigenvalue weighted by Crippen LogP contribution is -2.41. The first-order valence-electron chi connectivity index (χ1n) is 21.0. The van der Waals surface area contributed by atoms with Gasteiger partial charge in [-0.25, -0.2) is 0 Å². The Labute approximate surface area is 303 Å². The van der Waals surface area contributed by atoms with E-state index < -0.39 is 30.2 Å². The molecular weight excluding hydrogens is 606 g/mol. The number of ether oxygens (including phenoxy) is 2. The van der Waals surface area contributed by atoms with Crippen molar-refractivity contribution in [3.63, 3.8) is 0 Å². The quantitative estimate of drug-likeness (QED) is 0.0582. The first-order chi connectivity index (χ1) is 24.0. The summed E-state index contributed by atoms with van der Waals surface area (Å²) in [5, 5.41) is 21.9. The molecule has 0 aromatic rings. The molecule has 2 rings (SSSR count). The van der Waals surface area contributed by atoms with Gasteiger partial charge in [0.2, 0.25) is 0 Å². The predicted octanol–water partition coefficient (Wildman–Crippen LogP) is 11.5. The Morgan fingerprint density at radius 3 is 1.18 bits per heavy atom. The molecule has 0 saturated carbocycles. The molecule has 0 aliphatic carbocycles. The molecule has 0 aromatic heterocycles. The summed E-state index contributed by atoms with van der Waals surface area (Å²) in [6.07, 6.45) is 47.7. The van der Waals surface area contributed by atoms with Crippen LogP contribution in [0.5, 0.6) is 0 Å². The van der Waals surface area contributed by atoms with Crippen molar-refractivity contribution in [3.05, 3.63) is 48.6 Å². The van der Waals surface area contributed by atoms with Gasteiger partial charge < -0.3 is 24.6 Å². The predicted molar refractivity (Wildman–Crippen MR) is 210 cm³/mol. The Balaban J connectivity index is 1.64. The van der Waals surface area contributed by atoms with Crippen LogP contribution in [0.4, 0.5) is 0 Å². The number of likely N-dealkylation sites (N-methyl/N-ethyl adjacent to an activating group) is 1. The Kier molecular flexibility index (Phi) is 26.3. The highest BCUT2D eigenvalue weighted by molar-refractivity contribution is 4.97. The molecular formula is C44H79NO4. The normalized spacial score (nSPS) is 25.1. The van der Waals surface area contributed by atoms with Crippen LogP contribution in [-0.4, -0.2) is 65.5 Å². The number of aliphatic hydroxyl groups excluding tert-OH is 2. The number of rotatable bonds is 30. The average Bonchev–Trinajstić information content (AvgIpc) is 3.44. The summed E-state index contributed by atoms with van der Waals surface area (Å²) in [6.45, 7) is 5.53. The maximum atomic E-state index is 10.9. The van der Waals surface area contributed by atoms with E-state index in [4.69, 9.17) is 9.47 Å². The molecule has 0 spiro atoms. The van der Waals surface area contributed by atoms with Crippen LogP contribution in [0.25, 0.3) is 0 Å². The van der Waals surface area contributed by atoms with E-state index in [2.05, 4.69) is 62.5 Å². The highest BCUT2D eigenvalue weighted by Gasteiger charge is 2.53. The number of fused-ring (bicyclic) bond motifs is 1. The molecule has 2 aliphatic heterocycles. The number of nitrogens with zero attached hydrogens (tertiary/aromatic N) is 1. The second kappa shape index (κ2) is 29.3. The lowest BCUT2D eigenvalue weighted by Gasteiger charge is -2.30. The van der Waals surface area contributed by atoms with Crippen molar-refractivity contribution in [1.82, 2.24) is 4.90 Å². The van der Waals surface area contributed by atoms with Gasteiger partial charge in [0.15, 0.2) is 5.79 Å². The van der Waals surface area contributed by atoms with Crippen LogP contribution in [0.1, 0.15) is 181 Å². The molecule has 49 heavy (non-hydrogen) atoms. The zero-order chi connectivity index (χ0) is 35.3. The largest absolute Gasteiger partial charge is 0.389 e. The maximum absolute atomic E-state index is 10.9. The summed E-state index contributed by atoms with van der Waals surface area (Å²) in [6, 6.07) is 0. The standard InChI is InChI=1S/C44H79NO4/c1-4-6-8-10-12-14-16-18-20-22-24-26-28-30-32-34-36-44(48-42-40(46)38-45(3)39-41(47)43(42)49-44)37-35-33-31-29-27-25-23-21-19-17-15-13-11-9-7-5-2/h12-15,18-21,40-43,46-47H,4-11,16-17,22-39H2,1-3H3/t40-,41+,42+,43-,44?. The highest BCUT2D eigenvalue weighted by atomic mass is 16.8. The monoisotopic (exact) mass is 686 g/mol. The number of hydrogen-bond acceptors (Lipinski definition) is 5. The lowest BCUT2D eigenvalue weighted by atomic mass is 9.98. The summed E-state index contributed by atoms with van der Waals surface area (Å²) < 4.78 is 13.3. The fraction of sp³-hybridized carbons (Fsp3) is 0.818. The molecule has 2 N–H and O–H groups in total. The Morgan fingerprint density at radius 1 is 0.490 bits per heavy atom. The Bertz CT molecular complexity index is 812. The van der Waals surface area contributed by atoms with E-state index in [0.29, 0.717) is 13.1 Å². The van der Waals surface area contributed by atoms with Crippen LogP contribution in [0.15, 0.2) is 48.6 Å². The Morgan fingerprint density at radius 2 is 0.816 bits per heavy atom. The minimum atomic E-state index is -0.669. The van der Waals surface area contributed by atoms with Crippen molar-refractivity contribution in [2.45, 2.75) is 211 Å². The van der Waals surface area contributed by atoms with E-state index in [0.717, 1.165) is 38.5 Å². The van der Waals surface area contributed by atoms with Gasteiger partial charge in [-0.1, -0.05) is 140 Å². The molecule has 0 unspecified atom stereocenters. The van der Waals surface area contributed by atoms with E-state index in [1.54, 1.807) is 0 Å². The molecule has 2 aliphatic rings. The van der Waals surface area contributed by atoms with Crippen LogP contribution < -0.4 is 0 Å². The third-order valence-electron chi connectivity index (χ3n) is 10.3. The number of hydrogen-bond donors (Lipinski definition) is 2. The number of aliphatic hydroxyl groups is 2. The number of allylic oxidation sites excluding steroid dienone is 8. The van der Waals surface area contributed by atoms with E-state index in [1.807, 2.05) is 11.9 Å². The minimum Gasteiger partial charge on any atom is -0.389 e. The second-order valence-corrected chi connectivity index (χ2v) is 15.1. The van der Waals surface area contributed by atoms with E-state index in [1.165, 1.54) is 128 Å². The molecule has 5 nitrogen and oxygen atoms in total. The van der Waals surface area contributed by atoms with Crippen molar-refractivity contribution in [1.29, 1.82) is 0 Å². The summed E-state index contributed by atoms with van der Waals surface area (Å²) in [7, 11) is 1.94. The van der Waals surface area contributed by atoms with Crippen molar-refractivity contribution in [2.75, 3.05) is 20.1 Å². The van der Waals surface area contributed by atoms with Crippen LogP contribution in [0, 0.1) is 0 Å². The van der Waals surface area contributed by atoms with Gasteiger partial charge in [0.05, 0.1) is 12.2 Å². The van der Waals surface area contributed by atoms with Gasteiger partial charge in [0.1, 0.15) is 12.2 Å². The van der Waals surface area contributed by atoms with Crippen molar-refractivity contribution < 1.29 is 19.7 Å². The zero-order valence-corrected chi connectivity index (χ0v) is 32.4. The average molecular weight is 686 g/mol. The molecule has 4 atom stereocenters. The lowest BCUT2D eigenvalue weighted by molar-refractivity contribution is -0.201. The highest BCUT2D eigenvalue weighted by Crippen LogP contribution is 2.41. The second-order valence-electron chi connectivity index (χ2n) is 15.1. The minimum absolute atomic E-state index is 0.450. The fourth-order valence-corrected chi connectivity index (χ4v) is 7.30. The third-order valence-corrected chi connectivity index (χ3v) is 10.3. The van der Waals surface area contributed by atoms with Gasteiger partial charge in [0.25, 0.3) is 0 Å². The summed E-state index contributed by atoms with van der Waals surface area (Å²) >= 11 is 0. The molecule has 0 radical (unpaired) electrons. The molecule has 2 heterocycles. The van der Waals surface area contributed by atoms with Crippen molar-refractivity contribution in [2.24, 2.45) is 0 Å².